The second-order valence-corrected chi connectivity index (χ2v) is 6.48. The zero-order valence-electron chi connectivity index (χ0n) is 12.7. The number of benzene rings is 1. The second kappa shape index (κ2) is 6.98. The van der Waals surface area contributed by atoms with Crippen molar-refractivity contribution < 1.29 is 4.79 Å². The van der Waals surface area contributed by atoms with Crippen LogP contribution >= 0.6 is 11.5 Å². The van der Waals surface area contributed by atoms with E-state index in [1.165, 1.54) is 5.56 Å². The normalized spacial score (nSPS) is 16.6. The van der Waals surface area contributed by atoms with Crippen LogP contribution in [0.1, 0.15) is 28.1 Å². The molecular formula is C16H20N4OS. The molecule has 1 amide bonds. The quantitative estimate of drug-likeness (QED) is 0.868. The van der Waals surface area contributed by atoms with Crippen LogP contribution in [0.25, 0.3) is 0 Å². The van der Waals surface area contributed by atoms with Crippen LogP contribution in [0.5, 0.6) is 0 Å². The largest absolute Gasteiger partial charge is 0.338 e. The Morgan fingerprint density at radius 1 is 1.32 bits per heavy atom. The van der Waals surface area contributed by atoms with Gasteiger partial charge >= 0.3 is 0 Å². The highest BCUT2D eigenvalue weighted by molar-refractivity contribution is 7.07. The molecule has 5 nitrogen and oxygen atoms in total. The monoisotopic (exact) mass is 316 g/mol. The van der Waals surface area contributed by atoms with E-state index in [0.29, 0.717) is 10.9 Å². The SMILES string of the molecule is CN(C(=O)c1cnns1)C1CCN(Cc2ccccc2)CC1. The minimum Gasteiger partial charge on any atom is -0.338 e. The summed E-state index contributed by atoms with van der Waals surface area (Å²) in [7, 11) is 1.89. The summed E-state index contributed by atoms with van der Waals surface area (Å²) in [6, 6.07) is 10.8. The van der Waals surface area contributed by atoms with Gasteiger partial charge in [-0.1, -0.05) is 34.8 Å². The number of hydrogen-bond donors (Lipinski definition) is 0. The lowest BCUT2D eigenvalue weighted by atomic mass is 10.0. The maximum Gasteiger partial charge on any atom is 0.267 e. The Hall–Kier alpha value is -1.79. The van der Waals surface area contributed by atoms with Gasteiger partial charge < -0.3 is 4.90 Å². The topological polar surface area (TPSA) is 49.3 Å². The minimum absolute atomic E-state index is 0.0384. The minimum atomic E-state index is 0.0384. The van der Waals surface area contributed by atoms with Crippen molar-refractivity contribution in [3.8, 4) is 0 Å². The maximum atomic E-state index is 12.3. The summed E-state index contributed by atoms with van der Waals surface area (Å²) in [6.07, 6.45) is 3.58. The van der Waals surface area contributed by atoms with Crippen molar-refractivity contribution in [2.75, 3.05) is 20.1 Å². The molecule has 0 saturated carbocycles. The van der Waals surface area contributed by atoms with E-state index >= 15 is 0 Å². The summed E-state index contributed by atoms with van der Waals surface area (Å²) in [6.45, 7) is 3.04. The van der Waals surface area contributed by atoms with Crippen molar-refractivity contribution in [3.63, 3.8) is 0 Å². The molecule has 116 valence electrons. The number of likely N-dealkylation sites (tertiary alicyclic amines) is 1. The van der Waals surface area contributed by atoms with Crippen molar-refractivity contribution >= 4 is 17.4 Å². The molecule has 0 atom stereocenters. The molecule has 0 bridgehead atoms. The number of amides is 1. The molecule has 6 heteroatoms. The highest BCUT2D eigenvalue weighted by atomic mass is 32.1. The van der Waals surface area contributed by atoms with Gasteiger partial charge in [0.2, 0.25) is 0 Å². The van der Waals surface area contributed by atoms with E-state index < -0.39 is 0 Å². The lowest BCUT2D eigenvalue weighted by molar-refractivity contribution is 0.0641. The third kappa shape index (κ3) is 3.51. The maximum absolute atomic E-state index is 12.3. The van der Waals surface area contributed by atoms with Gasteiger partial charge in [0.1, 0.15) is 4.88 Å². The van der Waals surface area contributed by atoms with E-state index in [4.69, 9.17) is 0 Å². The van der Waals surface area contributed by atoms with E-state index in [2.05, 4.69) is 38.8 Å². The predicted molar refractivity (Wildman–Crippen MR) is 86.7 cm³/mol. The summed E-state index contributed by atoms with van der Waals surface area (Å²) in [5.41, 5.74) is 1.35. The molecule has 2 aromatic rings. The lowest BCUT2D eigenvalue weighted by Crippen LogP contribution is -2.45. The number of hydrogen-bond acceptors (Lipinski definition) is 5. The average Bonchev–Trinajstić information content (AvgIpc) is 3.10. The van der Waals surface area contributed by atoms with Crippen molar-refractivity contribution in [1.82, 2.24) is 19.4 Å². The van der Waals surface area contributed by atoms with Gasteiger partial charge in [-0.2, -0.15) is 0 Å². The van der Waals surface area contributed by atoms with E-state index in [-0.39, 0.29) is 5.91 Å². The van der Waals surface area contributed by atoms with E-state index in [1.54, 1.807) is 6.20 Å². The van der Waals surface area contributed by atoms with Gasteiger partial charge in [-0.25, -0.2) is 0 Å². The first kappa shape index (κ1) is 15.1. The Balaban J connectivity index is 1.52. The molecule has 0 N–H and O–H groups in total. The van der Waals surface area contributed by atoms with E-state index in [9.17, 15) is 4.79 Å². The Kier molecular flexibility index (Phi) is 4.80. The van der Waals surface area contributed by atoms with E-state index in [1.807, 2.05) is 18.0 Å². The Morgan fingerprint density at radius 2 is 2.05 bits per heavy atom. The van der Waals surface area contributed by atoms with Gasteiger partial charge in [-0.05, 0) is 29.9 Å². The fourth-order valence-electron chi connectivity index (χ4n) is 2.91. The summed E-state index contributed by atoms with van der Waals surface area (Å²) in [5, 5.41) is 3.74. The second-order valence-electron chi connectivity index (χ2n) is 5.69. The molecule has 0 radical (unpaired) electrons. The molecule has 0 aliphatic carbocycles. The lowest BCUT2D eigenvalue weighted by Gasteiger charge is -2.36. The summed E-state index contributed by atoms with van der Waals surface area (Å²) >= 11 is 1.16. The first-order valence-corrected chi connectivity index (χ1v) is 8.32. The molecule has 1 aliphatic rings. The van der Waals surface area contributed by atoms with Gasteiger partial charge in [-0.3, -0.25) is 9.69 Å². The number of rotatable bonds is 4. The third-order valence-electron chi connectivity index (χ3n) is 4.25. The molecule has 2 heterocycles. The fourth-order valence-corrected chi connectivity index (χ4v) is 3.41. The summed E-state index contributed by atoms with van der Waals surface area (Å²) < 4.78 is 3.77. The molecule has 3 rings (SSSR count). The molecule has 0 spiro atoms. The number of piperidine rings is 1. The number of carbonyl (C=O) groups is 1. The number of nitrogens with zero attached hydrogens (tertiary/aromatic N) is 4. The van der Waals surface area contributed by atoms with Gasteiger partial charge in [0.25, 0.3) is 5.91 Å². The number of carbonyl (C=O) groups excluding carboxylic acids is 1. The van der Waals surface area contributed by atoms with Crippen LogP contribution in [0.3, 0.4) is 0 Å². The Labute approximate surface area is 134 Å². The molecule has 1 aliphatic heterocycles. The summed E-state index contributed by atoms with van der Waals surface area (Å²) in [4.78, 5) is 17.3. The van der Waals surface area contributed by atoms with Crippen molar-refractivity contribution in [2.24, 2.45) is 0 Å². The van der Waals surface area contributed by atoms with Crippen molar-refractivity contribution in [2.45, 2.75) is 25.4 Å². The third-order valence-corrected chi connectivity index (χ3v) is 4.90. The highest BCUT2D eigenvalue weighted by Crippen LogP contribution is 2.19. The zero-order chi connectivity index (χ0) is 15.4. The van der Waals surface area contributed by atoms with Gasteiger partial charge in [0.05, 0.1) is 6.20 Å². The molecular weight excluding hydrogens is 296 g/mol. The van der Waals surface area contributed by atoms with Crippen LogP contribution in [-0.4, -0.2) is 51.5 Å². The van der Waals surface area contributed by atoms with Crippen LogP contribution in [0.15, 0.2) is 36.5 Å². The Bertz CT molecular complexity index is 594. The Morgan fingerprint density at radius 3 is 2.68 bits per heavy atom. The standard InChI is InChI=1S/C16H20N4OS/c1-19(16(21)15-11-17-18-22-15)14-7-9-20(10-8-14)12-13-5-3-2-4-6-13/h2-6,11,14H,7-10,12H2,1H3. The molecule has 1 saturated heterocycles. The van der Waals surface area contributed by atoms with Crippen LogP contribution in [0, 0.1) is 0 Å². The smallest absolute Gasteiger partial charge is 0.267 e. The molecule has 1 aromatic heterocycles. The van der Waals surface area contributed by atoms with Crippen LogP contribution in [0.4, 0.5) is 0 Å². The van der Waals surface area contributed by atoms with Crippen LogP contribution in [0.2, 0.25) is 0 Å². The average molecular weight is 316 g/mol. The molecule has 22 heavy (non-hydrogen) atoms. The summed E-state index contributed by atoms with van der Waals surface area (Å²) in [5.74, 6) is 0.0384. The van der Waals surface area contributed by atoms with Crippen molar-refractivity contribution in [3.05, 3.63) is 47.0 Å². The van der Waals surface area contributed by atoms with E-state index in [0.717, 1.165) is 44.0 Å². The van der Waals surface area contributed by atoms with Crippen LogP contribution in [-0.2, 0) is 6.54 Å². The van der Waals surface area contributed by atoms with Crippen molar-refractivity contribution in [1.29, 1.82) is 0 Å². The molecule has 0 unspecified atom stereocenters. The molecule has 1 fully saturated rings. The van der Waals surface area contributed by atoms with Crippen LogP contribution < -0.4 is 0 Å². The number of aromatic nitrogens is 2. The zero-order valence-corrected chi connectivity index (χ0v) is 13.5. The fraction of sp³-hybridized carbons (Fsp3) is 0.438. The first-order valence-electron chi connectivity index (χ1n) is 7.55. The first-order chi connectivity index (χ1) is 10.7. The van der Waals surface area contributed by atoms with Gasteiger partial charge in [0, 0.05) is 32.7 Å². The molecule has 1 aromatic carbocycles. The highest BCUT2D eigenvalue weighted by Gasteiger charge is 2.26. The predicted octanol–water partition coefficient (Wildman–Crippen LogP) is 2.27. The van der Waals surface area contributed by atoms with Gasteiger partial charge in [0.15, 0.2) is 0 Å². The van der Waals surface area contributed by atoms with Gasteiger partial charge in [-0.15, -0.1) is 5.10 Å².